The van der Waals surface area contributed by atoms with E-state index in [4.69, 9.17) is 4.74 Å². The van der Waals surface area contributed by atoms with Gasteiger partial charge in [-0.05, 0) is 36.6 Å². The minimum absolute atomic E-state index is 0.216. The lowest BCUT2D eigenvalue weighted by Crippen LogP contribution is -2.29. The van der Waals surface area contributed by atoms with Gasteiger partial charge < -0.3 is 15.4 Å². The van der Waals surface area contributed by atoms with Crippen LogP contribution < -0.4 is 15.4 Å². The van der Waals surface area contributed by atoms with E-state index in [1.165, 1.54) is 7.11 Å². The van der Waals surface area contributed by atoms with Crippen molar-refractivity contribution >= 4 is 17.5 Å². The molecule has 0 saturated heterocycles. The molecule has 0 bridgehead atoms. The molecule has 0 aliphatic carbocycles. The zero-order valence-corrected chi connectivity index (χ0v) is 14.0. The van der Waals surface area contributed by atoms with Crippen LogP contribution in [0.25, 0.3) is 0 Å². The summed E-state index contributed by atoms with van der Waals surface area (Å²) < 4.78 is 5.20. The number of benzene rings is 2. The highest BCUT2D eigenvalue weighted by molar-refractivity contribution is 6.04. The lowest BCUT2D eigenvalue weighted by Gasteiger charge is -2.11. The van der Waals surface area contributed by atoms with E-state index in [2.05, 4.69) is 10.6 Å². The van der Waals surface area contributed by atoms with E-state index in [0.717, 1.165) is 17.5 Å². The van der Waals surface area contributed by atoms with Gasteiger partial charge >= 0.3 is 0 Å². The first-order chi connectivity index (χ1) is 11.6. The first-order valence-electron chi connectivity index (χ1n) is 7.83. The summed E-state index contributed by atoms with van der Waals surface area (Å²) in [4.78, 5) is 23.9. The standard InChI is InChI=1S/C19H22N2O3/c1-14-8-9-17(24-2)16(12-14)21-19(23)13-18(22)20-11-10-15-6-4-3-5-7-15/h3-9,12H,10-11,13H2,1-2H3,(H,20,22)(H,21,23). The van der Waals surface area contributed by atoms with Gasteiger partial charge in [0.2, 0.25) is 11.8 Å². The highest BCUT2D eigenvalue weighted by atomic mass is 16.5. The highest BCUT2D eigenvalue weighted by Crippen LogP contribution is 2.25. The average Bonchev–Trinajstić information content (AvgIpc) is 2.56. The van der Waals surface area contributed by atoms with Crippen LogP contribution in [0.15, 0.2) is 48.5 Å². The Hall–Kier alpha value is -2.82. The topological polar surface area (TPSA) is 67.4 Å². The van der Waals surface area contributed by atoms with Gasteiger partial charge in [0.25, 0.3) is 0 Å². The van der Waals surface area contributed by atoms with Crippen molar-refractivity contribution < 1.29 is 14.3 Å². The van der Waals surface area contributed by atoms with Crippen molar-refractivity contribution in [1.29, 1.82) is 0 Å². The van der Waals surface area contributed by atoms with Gasteiger partial charge in [-0.25, -0.2) is 0 Å². The Morgan fingerprint density at radius 1 is 1.04 bits per heavy atom. The number of carbonyl (C=O) groups excluding carboxylic acids is 2. The molecule has 0 saturated carbocycles. The maximum Gasteiger partial charge on any atom is 0.233 e. The summed E-state index contributed by atoms with van der Waals surface area (Å²) in [5.74, 6) is -0.0930. The summed E-state index contributed by atoms with van der Waals surface area (Å²) in [5.41, 5.74) is 2.71. The van der Waals surface area contributed by atoms with Crippen molar-refractivity contribution in [2.75, 3.05) is 19.0 Å². The Labute approximate surface area is 142 Å². The van der Waals surface area contributed by atoms with Crippen LogP contribution in [0, 0.1) is 6.92 Å². The van der Waals surface area contributed by atoms with E-state index >= 15 is 0 Å². The van der Waals surface area contributed by atoms with E-state index in [1.807, 2.05) is 49.4 Å². The Morgan fingerprint density at radius 3 is 2.50 bits per heavy atom. The molecule has 0 heterocycles. The molecule has 2 aromatic carbocycles. The van der Waals surface area contributed by atoms with Crippen molar-refractivity contribution in [3.05, 3.63) is 59.7 Å². The van der Waals surface area contributed by atoms with Gasteiger partial charge in [-0.2, -0.15) is 0 Å². The predicted molar refractivity (Wildman–Crippen MR) is 94.1 cm³/mol. The number of methoxy groups -OCH3 is 1. The molecule has 0 aliphatic rings. The molecule has 2 amide bonds. The number of hydrogen-bond acceptors (Lipinski definition) is 3. The Balaban J connectivity index is 1.79. The summed E-state index contributed by atoms with van der Waals surface area (Å²) in [6.07, 6.45) is 0.520. The summed E-state index contributed by atoms with van der Waals surface area (Å²) in [7, 11) is 1.54. The first kappa shape index (κ1) is 17.5. The second-order valence-electron chi connectivity index (χ2n) is 5.51. The number of nitrogens with one attached hydrogen (secondary N) is 2. The molecular weight excluding hydrogens is 304 g/mol. The third kappa shape index (κ3) is 5.43. The van der Waals surface area contributed by atoms with Gasteiger partial charge in [-0.1, -0.05) is 36.4 Å². The molecule has 0 aromatic heterocycles. The highest BCUT2D eigenvalue weighted by Gasteiger charge is 2.12. The quantitative estimate of drug-likeness (QED) is 0.769. The molecule has 0 atom stereocenters. The first-order valence-corrected chi connectivity index (χ1v) is 7.83. The largest absolute Gasteiger partial charge is 0.495 e. The second-order valence-corrected chi connectivity index (χ2v) is 5.51. The number of anilines is 1. The van der Waals surface area contributed by atoms with Crippen molar-refractivity contribution in [1.82, 2.24) is 5.32 Å². The van der Waals surface area contributed by atoms with Crippen LogP contribution in [-0.4, -0.2) is 25.5 Å². The zero-order chi connectivity index (χ0) is 17.4. The molecule has 0 radical (unpaired) electrons. The van der Waals surface area contributed by atoms with Gasteiger partial charge in [-0.3, -0.25) is 9.59 Å². The SMILES string of the molecule is COc1ccc(C)cc1NC(=O)CC(=O)NCCc1ccccc1. The summed E-state index contributed by atoms with van der Waals surface area (Å²) in [5, 5.41) is 5.47. The monoisotopic (exact) mass is 326 g/mol. The summed E-state index contributed by atoms with van der Waals surface area (Å²) >= 11 is 0. The third-order valence-electron chi connectivity index (χ3n) is 3.53. The van der Waals surface area contributed by atoms with Gasteiger partial charge in [-0.15, -0.1) is 0 Å². The van der Waals surface area contributed by atoms with Crippen LogP contribution in [0.1, 0.15) is 17.5 Å². The molecule has 2 aromatic rings. The van der Waals surface area contributed by atoms with Gasteiger partial charge in [0.05, 0.1) is 12.8 Å². The van der Waals surface area contributed by atoms with Crippen LogP contribution in [0.5, 0.6) is 5.75 Å². The lowest BCUT2D eigenvalue weighted by atomic mass is 10.1. The smallest absolute Gasteiger partial charge is 0.233 e. The summed E-state index contributed by atoms with van der Waals surface area (Å²) in [6, 6.07) is 15.4. The molecule has 126 valence electrons. The van der Waals surface area contributed by atoms with Crippen LogP contribution in [0.4, 0.5) is 5.69 Å². The van der Waals surface area contributed by atoms with Crippen molar-refractivity contribution in [2.24, 2.45) is 0 Å². The fourth-order valence-electron chi connectivity index (χ4n) is 2.31. The van der Waals surface area contributed by atoms with E-state index in [9.17, 15) is 9.59 Å². The molecule has 0 unspecified atom stereocenters. The van der Waals surface area contributed by atoms with E-state index < -0.39 is 0 Å². The maximum absolute atomic E-state index is 12.0. The number of hydrogen-bond donors (Lipinski definition) is 2. The van der Waals surface area contributed by atoms with Gasteiger partial charge in [0, 0.05) is 6.54 Å². The van der Waals surface area contributed by atoms with Crippen LogP contribution in [-0.2, 0) is 16.0 Å². The van der Waals surface area contributed by atoms with E-state index in [0.29, 0.717) is 18.0 Å². The maximum atomic E-state index is 12.0. The van der Waals surface area contributed by atoms with Crippen molar-refractivity contribution in [3.63, 3.8) is 0 Å². The van der Waals surface area contributed by atoms with Crippen LogP contribution in [0.2, 0.25) is 0 Å². The normalized spacial score (nSPS) is 10.1. The predicted octanol–water partition coefficient (Wildman–Crippen LogP) is 2.69. The number of carbonyl (C=O) groups is 2. The van der Waals surface area contributed by atoms with Crippen LogP contribution in [0.3, 0.4) is 0 Å². The van der Waals surface area contributed by atoms with Gasteiger partial charge in [0.15, 0.2) is 0 Å². The second kappa shape index (κ2) is 8.72. The molecule has 24 heavy (non-hydrogen) atoms. The van der Waals surface area contributed by atoms with Crippen molar-refractivity contribution in [3.8, 4) is 5.75 Å². The Morgan fingerprint density at radius 2 is 1.79 bits per heavy atom. The fraction of sp³-hybridized carbons (Fsp3) is 0.263. The lowest BCUT2D eigenvalue weighted by molar-refractivity contribution is -0.126. The average molecular weight is 326 g/mol. The number of aryl methyl sites for hydroxylation is 1. The molecule has 5 nitrogen and oxygen atoms in total. The molecule has 2 N–H and O–H groups in total. The number of rotatable bonds is 7. The number of ether oxygens (including phenoxy) is 1. The minimum Gasteiger partial charge on any atom is -0.495 e. The Kier molecular flexibility index (Phi) is 6.37. The molecule has 0 fully saturated rings. The molecule has 5 heteroatoms. The molecule has 2 rings (SSSR count). The zero-order valence-electron chi connectivity index (χ0n) is 14.0. The molecule has 0 spiro atoms. The third-order valence-corrected chi connectivity index (χ3v) is 3.53. The van der Waals surface area contributed by atoms with E-state index in [-0.39, 0.29) is 18.2 Å². The van der Waals surface area contributed by atoms with Crippen LogP contribution >= 0.6 is 0 Å². The van der Waals surface area contributed by atoms with Crippen molar-refractivity contribution in [2.45, 2.75) is 19.8 Å². The molecule has 0 aliphatic heterocycles. The molecular formula is C19H22N2O3. The summed E-state index contributed by atoms with van der Waals surface area (Å²) in [6.45, 7) is 2.43. The Bertz CT molecular complexity index is 699. The van der Waals surface area contributed by atoms with E-state index in [1.54, 1.807) is 6.07 Å². The van der Waals surface area contributed by atoms with Gasteiger partial charge in [0.1, 0.15) is 12.2 Å². The minimum atomic E-state index is -0.365. The fourth-order valence-corrected chi connectivity index (χ4v) is 2.31. The number of amides is 2.